The molecule has 0 unspecified atom stereocenters. The summed E-state index contributed by atoms with van der Waals surface area (Å²) in [4.78, 5) is 8.15. The molecule has 2 N–H and O–H groups in total. The Kier molecular flexibility index (Phi) is 4.94. The van der Waals surface area contributed by atoms with Gasteiger partial charge in [-0.3, -0.25) is 5.10 Å². The van der Waals surface area contributed by atoms with Crippen molar-refractivity contribution in [3.63, 3.8) is 0 Å². The number of pyridine rings is 1. The predicted molar refractivity (Wildman–Crippen MR) is 89.5 cm³/mol. The number of nitrogens with zero attached hydrogens (tertiary/aromatic N) is 3. The van der Waals surface area contributed by atoms with Crippen molar-refractivity contribution in [1.82, 2.24) is 20.2 Å². The van der Waals surface area contributed by atoms with Crippen LogP contribution in [0.5, 0.6) is 5.88 Å². The highest BCUT2D eigenvalue weighted by Crippen LogP contribution is 2.40. The number of aromatic nitrogens is 4. The van der Waals surface area contributed by atoms with E-state index in [1.54, 1.807) is 25.3 Å². The molecule has 136 valence electrons. The van der Waals surface area contributed by atoms with Crippen LogP contribution in [-0.4, -0.2) is 32.4 Å². The van der Waals surface area contributed by atoms with Crippen LogP contribution in [0.2, 0.25) is 0 Å². The lowest BCUT2D eigenvalue weighted by Gasteiger charge is -2.34. The van der Waals surface area contributed by atoms with E-state index in [9.17, 15) is 13.9 Å². The molecule has 2 aromatic heterocycles. The fourth-order valence-electron chi connectivity index (χ4n) is 2.94. The van der Waals surface area contributed by atoms with Crippen LogP contribution >= 0.6 is 0 Å². The van der Waals surface area contributed by atoms with Crippen LogP contribution in [0.3, 0.4) is 0 Å². The molecule has 2 heterocycles. The highest BCUT2D eigenvalue weighted by molar-refractivity contribution is 5.33. The fraction of sp³-hybridized carbons (Fsp3) is 0.278. The summed E-state index contributed by atoms with van der Waals surface area (Å²) in [5.74, 6) is -1.32. The average Bonchev–Trinajstić information content (AvgIpc) is 3.13. The minimum atomic E-state index is -1.70. The van der Waals surface area contributed by atoms with Crippen molar-refractivity contribution < 1.29 is 18.6 Å². The van der Waals surface area contributed by atoms with Crippen LogP contribution in [-0.2, 0) is 12.0 Å². The van der Waals surface area contributed by atoms with Gasteiger partial charge in [-0.25, -0.2) is 18.7 Å². The number of aromatic amines is 1. The normalized spacial score (nSPS) is 14.7. The monoisotopic (exact) mass is 360 g/mol. The summed E-state index contributed by atoms with van der Waals surface area (Å²) in [5.41, 5.74) is -1.07. The molecular weight excluding hydrogens is 342 g/mol. The van der Waals surface area contributed by atoms with Gasteiger partial charge in [0.15, 0.2) is 0 Å². The topological polar surface area (TPSA) is 83.9 Å². The summed E-state index contributed by atoms with van der Waals surface area (Å²) in [6.07, 6.45) is 2.81. The van der Waals surface area contributed by atoms with E-state index in [2.05, 4.69) is 20.2 Å². The van der Waals surface area contributed by atoms with Crippen LogP contribution in [0.15, 0.2) is 42.9 Å². The lowest BCUT2D eigenvalue weighted by molar-refractivity contribution is 0.00729. The van der Waals surface area contributed by atoms with Crippen molar-refractivity contribution in [1.29, 1.82) is 0 Å². The Morgan fingerprint density at radius 1 is 1.23 bits per heavy atom. The van der Waals surface area contributed by atoms with Gasteiger partial charge < -0.3 is 9.84 Å². The van der Waals surface area contributed by atoms with E-state index in [0.717, 1.165) is 12.1 Å². The molecule has 0 aliphatic heterocycles. The van der Waals surface area contributed by atoms with E-state index in [1.165, 1.54) is 19.5 Å². The number of methoxy groups -OCH3 is 1. The number of hydrogen-bond donors (Lipinski definition) is 2. The number of benzene rings is 1. The van der Waals surface area contributed by atoms with Crippen molar-refractivity contribution in [2.45, 2.75) is 24.9 Å². The first kappa shape index (κ1) is 17.9. The van der Waals surface area contributed by atoms with E-state index in [-0.39, 0.29) is 12.0 Å². The molecule has 0 amide bonds. The number of nitrogens with one attached hydrogen (secondary N) is 1. The zero-order valence-electron chi connectivity index (χ0n) is 14.3. The van der Waals surface area contributed by atoms with E-state index in [4.69, 9.17) is 4.74 Å². The summed E-state index contributed by atoms with van der Waals surface area (Å²) < 4.78 is 32.9. The quantitative estimate of drug-likeness (QED) is 0.706. The number of hydrogen-bond acceptors (Lipinski definition) is 5. The highest BCUT2D eigenvalue weighted by atomic mass is 19.1. The first-order valence-corrected chi connectivity index (χ1v) is 7.96. The van der Waals surface area contributed by atoms with Gasteiger partial charge in [0.05, 0.1) is 7.11 Å². The Labute approximate surface area is 148 Å². The third-order valence-electron chi connectivity index (χ3n) is 4.48. The molecule has 6 nitrogen and oxygen atoms in total. The summed E-state index contributed by atoms with van der Waals surface area (Å²) in [6, 6.07) is 6.50. The van der Waals surface area contributed by atoms with Gasteiger partial charge in [-0.15, -0.1) is 0 Å². The van der Waals surface area contributed by atoms with Gasteiger partial charge in [0, 0.05) is 36.2 Å². The van der Waals surface area contributed by atoms with Crippen LogP contribution in [0, 0.1) is 11.6 Å². The van der Waals surface area contributed by atoms with Crippen LogP contribution in [0.25, 0.3) is 0 Å². The summed E-state index contributed by atoms with van der Waals surface area (Å²) in [6.45, 7) is 1.74. The third kappa shape index (κ3) is 3.41. The SMILES string of the molecule is COc1ccc([C@@H](C)[C@@](O)(Cc2ncn[nH]2)c2ccc(F)cc2F)cn1. The highest BCUT2D eigenvalue weighted by Gasteiger charge is 2.40. The largest absolute Gasteiger partial charge is 0.481 e. The molecule has 1 aromatic carbocycles. The Morgan fingerprint density at radius 2 is 2.04 bits per heavy atom. The molecule has 8 heteroatoms. The molecule has 0 fully saturated rings. The second-order valence-electron chi connectivity index (χ2n) is 6.01. The first-order chi connectivity index (χ1) is 12.4. The third-order valence-corrected chi connectivity index (χ3v) is 4.48. The zero-order valence-corrected chi connectivity index (χ0v) is 14.3. The van der Waals surface area contributed by atoms with Crippen molar-refractivity contribution in [2.75, 3.05) is 7.11 Å². The molecular formula is C18H18F2N4O2. The second-order valence-corrected chi connectivity index (χ2v) is 6.01. The average molecular weight is 360 g/mol. The molecule has 26 heavy (non-hydrogen) atoms. The van der Waals surface area contributed by atoms with E-state index < -0.39 is 23.2 Å². The van der Waals surface area contributed by atoms with E-state index in [0.29, 0.717) is 17.3 Å². The van der Waals surface area contributed by atoms with Gasteiger partial charge in [0.1, 0.15) is 29.4 Å². The van der Waals surface area contributed by atoms with Gasteiger partial charge in [0.25, 0.3) is 0 Å². The number of ether oxygens (including phenoxy) is 1. The molecule has 3 rings (SSSR count). The maximum Gasteiger partial charge on any atom is 0.212 e. The molecule has 0 saturated heterocycles. The fourth-order valence-corrected chi connectivity index (χ4v) is 2.94. The number of rotatable bonds is 6. The molecule has 0 spiro atoms. The Balaban J connectivity index is 2.06. The molecule has 0 bridgehead atoms. The summed E-state index contributed by atoms with van der Waals surface area (Å²) >= 11 is 0. The number of aliphatic hydroxyl groups is 1. The molecule has 0 aliphatic rings. The van der Waals surface area contributed by atoms with Gasteiger partial charge in [-0.05, 0) is 11.6 Å². The van der Waals surface area contributed by atoms with E-state index in [1.807, 2.05) is 0 Å². The lowest BCUT2D eigenvalue weighted by Crippen LogP contribution is -2.36. The van der Waals surface area contributed by atoms with Crippen molar-refractivity contribution in [3.05, 3.63) is 71.4 Å². The molecule has 0 aliphatic carbocycles. The van der Waals surface area contributed by atoms with Crippen LogP contribution < -0.4 is 4.74 Å². The summed E-state index contributed by atoms with van der Waals surface area (Å²) in [7, 11) is 1.50. The Morgan fingerprint density at radius 3 is 2.62 bits per heavy atom. The van der Waals surface area contributed by atoms with Crippen molar-refractivity contribution in [2.24, 2.45) is 0 Å². The lowest BCUT2D eigenvalue weighted by atomic mass is 9.76. The van der Waals surface area contributed by atoms with Gasteiger partial charge in [0.2, 0.25) is 5.88 Å². The molecule has 0 saturated carbocycles. The minimum Gasteiger partial charge on any atom is -0.481 e. The van der Waals surface area contributed by atoms with Gasteiger partial charge in [-0.2, -0.15) is 5.10 Å². The number of H-pyrrole nitrogens is 1. The second kappa shape index (κ2) is 7.17. The van der Waals surface area contributed by atoms with Crippen LogP contribution in [0.1, 0.15) is 29.8 Å². The molecule has 0 radical (unpaired) electrons. The summed E-state index contributed by atoms with van der Waals surface area (Å²) in [5, 5.41) is 17.9. The molecule has 2 atom stereocenters. The molecule has 3 aromatic rings. The first-order valence-electron chi connectivity index (χ1n) is 7.96. The predicted octanol–water partition coefficient (Wildman–Crippen LogP) is 2.72. The van der Waals surface area contributed by atoms with Crippen LogP contribution in [0.4, 0.5) is 8.78 Å². The smallest absolute Gasteiger partial charge is 0.212 e. The van der Waals surface area contributed by atoms with Crippen molar-refractivity contribution in [3.8, 4) is 5.88 Å². The van der Waals surface area contributed by atoms with E-state index >= 15 is 0 Å². The standard InChI is InChI=1S/C18H18F2N4O2/c1-11(12-3-6-17(26-2)21-9-12)18(25,8-16-22-10-23-24-16)14-5-4-13(19)7-15(14)20/h3-7,9-11,25H,8H2,1-2H3,(H,22,23,24)/t11-,18+/m1/s1. The zero-order chi connectivity index (χ0) is 18.7. The Hall–Kier alpha value is -2.87. The maximum atomic E-state index is 14.5. The number of halogens is 2. The van der Waals surface area contributed by atoms with Gasteiger partial charge in [-0.1, -0.05) is 19.1 Å². The Bertz CT molecular complexity index is 871. The maximum absolute atomic E-state index is 14.5. The van der Waals surface area contributed by atoms with Gasteiger partial charge >= 0.3 is 0 Å². The minimum absolute atomic E-state index is 0.0291. The van der Waals surface area contributed by atoms with Crippen molar-refractivity contribution >= 4 is 0 Å².